The largest absolute Gasteiger partial charge is 0.394 e. The van der Waals surface area contributed by atoms with E-state index in [1.54, 1.807) is 0 Å². The number of anilines is 1. The molecule has 0 saturated carbocycles. The van der Waals surface area contributed by atoms with E-state index in [0.717, 1.165) is 11.9 Å². The van der Waals surface area contributed by atoms with Gasteiger partial charge in [0.2, 0.25) is 5.82 Å². The van der Waals surface area contributed by atoms with Crippen molar-refractivity contribution in [3.63, 3.8) is 0 Å². The van der Waals surface area contributed by atoms with Crippen molar-refractivity contribution in [2.75, 3.05) is 18.6 Å². The molecule has 0 spiro atoms. The first-order valence-electron chi connectivity index (χ1n) is 5.01. The maximum atomic E-state index is 13.5. The summed E-state index contributed by atoms with van der Waals surface area (Å²) in [4.78, 5) is 0.809. The van der Waals surface area contributed by atoms with Crippen molar-refractivity contribution in [1.29, 1.82) is 0 Å². The Morgan fingerprint density at radius 2 is 1.22 bits per heavy atom. The van der Waals surface area contributed by atoms with Crippen molar-refractivity contribution in [1.82, 2.24) is 0 Å². The quantitative estimate of drug-likeness (QED) is 0.518. The average molecular weight is 269 g/mol. The Kier molecular flexibility index (Phi) is 3.85. The van der Waals surface area contributed by atoms with E-state index in [-0.39, 0.29) is 0 Å². The Hall–Kier alpha value is -1.37. The van der Waals surface area contributed by atoms with E-state index in [4.69, 9.17) is 5.11 Å². The Morgan fingerprint density at radius 3 is 1.56 bits per heavy atom. The standard InChI is InChI=1S/C11H12F5NO/c1-11(2,4-18)17(3)10-8(15)6(13)5(12)7(14)9(10)16/h18H,4H2,1-3H3. The lowest BCUT2D eigenvalue weighted by atomic mass is 10.0. The van der Waals surface area contributed by atoms with Crippen LogP contribution in [0.4, 0.5) is 27.6 Å². The molecule has 0 heterocycles. The van der Waals surface area contributed by atoms with Crippen molar-refractivity contribution < 1.29 is 27.1 Å². The summed E-state index contributed by atoms with van der Waals surface area (Å²) in [5, 5.41) is 9.05. The monoisotopic (exact) mass is 269 g/mol. The Labute approximate surface area is 101 Å². The number of likely N-dealkylation sites (N-methyl/N-ethyl adjacent to an activating group) is 1. The van der Waals surface area contributed by atoms with Gasteiger partial charge in [-0.25, -0.2) is 22.0 Å². The van der Waals surface area contributed by atoms with Crippen LogP contribution in [0.2, 0.25) is 0 Å². The smallest absolute Gasteiger partial charge is 0.200 e. The lowest BCUT2D eigenvalue weighted by Gasteiger charge is -2.36. The van der Waals surface area contributed by atoms with Gasteiger partial charge in [-0.1, -0.05) is 0 Å². The van der Waals surface area contributed by atoms with E-state index in [2.05, 4.69) is 0 Å². The molecule has 0 aromatic heterocycles. The van der Waals surface area contributed by atoms with Gasteiger partial charge in [0, 0.05) is 7.05 Å². The van der Waals surface area contributed by atoms with E-state index >= 15 is 0 Å². The molecule has 1 aromatic rings. The molecule has 0 saturated heterocycles. The zero-order chi connectivity index (χ0) is 14.2. The number of hydrogen-bond acceptors (Lipinski definition) is 2. The molecule has 0 fully saturated rings. The van der Waals surface area contributed by atoms with Crippen molar-refractivity contribution in [3.8, 4) is 0 Å². The topological polar surface area (TPSA) is 23.5 Å². The highest BCUT2D eigenvalue weighted by Gasteiger charge is 2.33. The number of nitrogens with zero attached hydrogens (tertiary/aromatic N) is 1. The molecule has 1 rings (SSSR count). The van der Waals surface area contributed by atoms with Crippen molar-refractivity contribution in [2.24, 2.45) is 0 Å². The van der Waals surface area contributed by atoms with Gasteiger partial charge in [0.1, 0.15) is 5.69 Å². The fraction of sp³-hybridized carbons (Fsp3) is 0.455. The first kappa shape index (κ1) is 14.7. The molecule has 0 bridgehead atoms. The average Bonchev–Trinajstić information content (AvgIpc) is 2.34. The highest BCUT2D eigenvalue weighted by atomic mass is 19.2. The number of aliphatic hydroxyl groups excluding tert-OH is 1. The minimum absolute atomic E-state index is 0.525. The molecule has 0 atom stereocenters. The Bertz CT molecular complexity index is 446. The normalized spacial score (nSPS) is 11.8. The van der Waals surface area contributed by atoms with Gasteiger partial charge >= 0.3 is 0 Å². The number of rotatable bonds is 3. The molecule has 102 valence electrons. The molecule has 0 aliphatic carbocycles. The van der Waals surface area contributed by atoms with Crippen LogP contribution in [0.15, 0.2) is 0 Å². The molecule has 0 unspecified atom stereocenters. The fourth-order valence-electron chi connectivity index (χ4n) is 1.30. The van der Waals surface area contributed by atoms with Gasteiger partial charge in [0.05, 0.1) is 12.1 Å². The Morgan fingerprint density at radius 1 is 0.889 bits per heavy atom. The van der Waals surface area contributed by atoms with Crippen molar-refractivity contribution in [3.05, 3.63) is 29.1 Å². The van der Waals surface area contributed by atoms with Gasteiger partial charge in [0.15, 0.2) is 23.3 Å². The van der Waals surface area contributed by atoms with E-state index in [0.29, 0.717) is 0 Å². The third-order valence-corrected chi connectivity index (χ3v) is 2.82. The van der Waals surface area contributed by atoms with E-state index < -0.39 is 46.9 Å². The van der Waals surface area contributed by atoms with Gasteiger partial charge in [0.25, 0.3) is 0 Å². The third kappa shape index (κ3) is 2.14. The highest BCUT2D eigenvalue weighted by molar-refractivity contribution is 5.52. The number of benzene rings is 1. The van der Waals surface area contributed by atoms with Crippen LogP contribution < -0.4 is 4.90 Å². The minimum atomic E-state index is -2.20. The van der Waals surface area contributed by atoms with Crippen LogP contribution in [0.5, 0.6) is 0 Å². The van der Waals surface area contributed by atoms with E-state index in [9.17, 15) is 22.0 Å². The van der Waals surface area contributed by atoms with Crippen molar-refractivity contribution in [2.45, 2.75) is 19.4 Å². The molecular weight excluding hydrogens is 257 g/mol. The first-order chi connectivity index (χ1) is 8.15. The van der Waals surface area contributed by atoms with Gasteiger partial charge in [-0.15, -0.1) is 0 Å². The lowest BCUT2D eigenvalue weighted by Crippen LogP contribution is -2.45. The van der Waals surface area contributed by atoms with Crippen LogP contribution >= 0.6 is 0 Å². The third-order valence-electron chi connectivity index (χ3n) is 2.82. The van der Waals surface area contributed by atoms with Crippen LogP contribution in [-0.4, -0.2) is 24.3 Å². The van der Waals surface area contributed by atoms with Crippen LogP contribution in [0, 0.1) is 29.1 Å². The van der Waals surface area contributed by atoms with Gasteiger partial charge in [-0.05, 0) is 13.8 Å². The SMILES string of the molecule is CN(c1c(F)c(F)c(F)c(F)c1F)C(C)(C)CO. The zero-order valence-corrected chi connectivity index (χ0v) is 9.99. The summed E-state index contributed by atoms with van der Waals surface area (Å²) in [6, 6.07) is 0. The molecule has 18 heavy (non-hydrogen) atoms. The fourth-order valence-corrected chi connectivity index (χ4v) is 1.30. The second-order valence-corrected chi connectivity index (χ2v) is 4.45. The molecule has 7 heteroatoms. The maximum Gasteiger partial charge on any atom is 0.200 e. The van der Waals surface area contributed by atoms with Crippen LogP contribution in [0.1, 0.15) is 13.8 Å². The molecule has 0 radical (unpaired) electrons. The van der Waals surface area contributed by atoms with Gasteiger partial charge in [-0.2, -0.15) is 0 Å². The second-order valence-electron chi connectivity index (χ2n) is 4.45. The maximum absolute atomic E-state index is 13.5. The molecule has 1 N–H and O–H groups in total. The van der Waals surface area contributed by atoms with Crippen LogP contribution in [-0.2, 0) is 0 Å². The molecule has 0 amide bonds. The summed E-state index contributed by atoms with van der Waals surface area (Å²) in [6.07, 6.45) is 0. The first-order valence-corrected chi connectivity index (χ1v) is 5.01. The van der Waals surface area contributed by atoms with Gasteiger partial charge in [-0.3, -0.25) is 0 Å². The molecule has 0 aliphatic heterocycles. The molecule has 1 aromatic carbocycles. The van der Waals surface area contributed by atoms with E-state index in [1.807, 2.05) is 0 Å². The summed E-state index contributed by atoms with van der Waals surface area (Å²) >= 11 is 0. The minimum Gasteiger partial charge on any atom is -0.394 e. The number of aliphatic hydroxyl groups is 1. The highest BCUT2D eigenvalue weighted by Crippen LogP contribution is 2.32. The molecular formula is C11H12F5NO. The van der Waals surface area contributed by atoms with E-state index in [1.165, 1.54) is 13.8 Å². The summed E-state index contributed by atoms with van der Waals surface area (Å²) < 4.78 is 65.8. The van der Waals surface area contributed by atoms with Crippen LogP contribution in [0.25, 0.3) is 0 Å². The lowest BCUT2D eigenvalue weighted by molar-refractivity contribution is 0.214. The summed E-state index contributed by atoms with van der Waals surface area (Å²) in [5.41, 5.74) is -2.25. The second kappa shape index (κ2) is 4.72. The molecule has 2 nitrogen and oxygen atoms in total. The zero-order valence-electron chi connectivity index (χ0n) is 9.99. The predicted molar refractivity (Wildman–Crippen MR) is 55.8 cm³/mol. The summed E-state index contributed by atoms with van der Waals surface area (Å²) in [5.74, 6) is -10.1. The summed E-state index contributed by atoms with van der Waals surface area (Å²) in [6.45, 7) is 2.26. The molecule has 0 aliphatic rings. The van der Waals surface area contributed by atoms with Gasteiger partial charge < -0.3 is 10.0 Å². The van der Waals surface area contributed by atoms with Crippen molar-refractivity contribution >= 4 is 5.69 Å². The number of hydrogen-bond donors (Lipinski definition) is 1. The van der Waals surface area contributed by atoms with Crippen LogP contribution in [0.3, 0.4) is 0 Å². The summed E-state index contributed by atoms with van der Waals surface area (Å²) in [7, 11) is 1.13. The number of halogens is 5. The predicted octanol–water partition coefficient (Wildman–Crippen LogP) is 2.59. The Balaban J connectivity index is 3.52.